The van der Waals surface area contributed by atoms with Gasteiger partial charge in [-0.25, -0.2) is 0 Å². The number of nitrogens with zero attached hydrogens (tertiary/aromatic N) is 1. The normalized spacial score (nSPS) is 33.1. The molecule has 0 N–H and O–H groups in total. The van der Waals surface area contributed by atoms with Crippen molar-refractivity contribution in [2.45, 2.75) is 32.6 Å². The molecule has 2 heterocycles. The SMILES string of the molecule is CC[C@H](C)[C@@H]1C(=O)N2C(C)=C(S)S[C@H]12. The van der Waals surface area contributed by atoms with E-state index in [0.717, 1.165) is 16.4 Å². The van der Waals surface area contributed by atoms with Crippen LogP contribution in [0.4, 0.5) is 0 Å². The summed E-state index contributed by atoms with van der Waals surface area (Å²) in [5, 5.41) is 0.338. The summed E-state index contributed by atoms with van der Waals surface area (Å²) in [5.41, 5.74) is 1.04. The summed E-state index contributed by atoms with van der Waals surface area (Å²) in [5.74, 6) is 0.992. The first kappa shape index (κ1) is 10.4. The second kappa shape index (κ2) is 3.49. The smallest absolute Gasteiger partial charge is 0.234 e. The number of rotatable bonds is 2. The number of β-lactam (4-membered cyclic amide) rings is 1. The minimum absolute atomic E-state index is 0.213. The van der Waals surface area contributed by atoms with Gasteiger partial charge in [0, 0.05) is 5.70 Å². The quantitative estimate of drug-likeness (QED) is 0.580. The van der Waals surface area contributed by atoms with E-state index in [9.17, 15) is 4.79 Å². The lowest BCUT2D eigenvalue weighted by Gasteiger charge is -2.45. The van der Waals surface area contributed by atoms with Crippen LogP contribution >= 0.6 is 24.4 Å². The van der Waals surface area contributed by atoms with Crippen molar-refractivity contribution in [2.24, 2.45) is 11.8 Å². The topological polar surface area (TPSA) is 20.3 Å². The van der Waals surface area contributed by atoms with Crippen molar-refractivity contribution >= 4 is 30.3 Å². The van der Waals surface area contributed by atoms with Gasteiger partial charge in [0.05, 0.1) is 15.5 Å². The molecule has 2 nitrogen and oxygen atoms in total. The maximum Gasteiger partial charge on any atom is 0.234 e. The summed E-state index contributed by atoms with van der Waals surface area (Å²) >= 11 is 6.10. The van der Waals surface area contributed by atoms with Crippen molar-refractivity contribution in [3.8, 4) is 0 Å². The molecule has 0 bridgehead atoms. The molecule has 2 aliphatic heterocycles. The molecule has 0 saturated carbocycles. The average molecular weight is 229 g/mol. The van der Waals surface area contributed by atoms with Crippen molar-refractivity contribution in [3.05, 3.63) is 9.93 Å². The van der Waals surface area contributed by atoms with Crippen LogP contribution in [0.2, 0.25) is 0 Å². The first-order valence-electron chi connectivity index (χ1n) is 4.97. The standard InChI is InChI=1S/C10H15NOS2/c1-4-5(2)7-8(12)11-6(3)10(13)14-9(7)11/h5,7,9,13H,4H2,1-3H3/t5-,7+,9+/m0/s1. The van der Waals surface area contributed by atoms with Crippen molar-refractivity contribution in [2.75, 3.05) is 0 Å². The highest BCUT2D eigenvalue weighted by molar-refractivity contribution is 8.16. The van der Waals surface area contributed by atoms with E-state index in [2.05, 4.69) is 26.5 Å². The van der Waals surface area contributed by atoms with Crippen LogP contribution in [0.5, 0.6) is 0 Å². The molecule has 0 spiro atoms. The Bertz CT molecular complexity index is 313. The number of thiol groups is 1. The molecule has 14 heavy (non-hydrogen) atoms. The molecule has 2 aliphatic rings. The molecule has 2 rings (SSSR count). The number of hydrogen-bond acceptors (Lipinski definition) is 3. The molecule has 0 aromatic rings. The molecule has 1 fully saturated rings. The Morgan fingerprint density at radius 2 is 2.29 bits per heavy atom. The molecule has 3 atom stereocenters. The Balaban J connectivity index is 2.15. The van der Waals surface area contributed by atoms with Crippen molar-refractivity contribution in [1.29, 1.82) is 0 Å². The van der Waals surface area contributed by atoms with Crippen LogP contribution in [0.3, 0.4) is 0 Å². The van der Waals surface area contributed by atoms with Crippen LogP contribution in [0.25, 0.3) is 0 Å². The van der Waals surface area contributed by atoms with E-state index in [-0.39, 0.29) is 5.92 Å². The fourth-order valence-corrected chi connectivity index (χ4v) is 3.88. The van der Waals surface area contributed by atoms with E-state index < -0.39 is 0 Å². The summed E-state index contributed by atoms with van der Waals surface area (Å²) in [4.78, 5) is 13.7. The number of fused-ring (bicyclic) bond motifs is 1. The van der Waals surface area contributed by atoms with Gasteiger partial charge in [0.2, 0.25) is 5.91 Å². The fraction of sp³-hybridized carbons (Fsp3) is 0.700. The highest BCUT2D eigenvalue weighted by atomic mass is 32.2. The lowest BCUT2D eigenvalue weighted by atomic mass is 9.84. The maximum absolute atomic E-state index is 11.8. The predicted octanol–water partition coefficient (Wildman–Crippen LogP) is 2.68. The Morgan fingerprint density at radius 3 is 2.86 bits per heavy atom. The van der Waals surface area contributed by atoms with Gasteiger partial charge in [-0.1, -0.05) is 32.0 Å². The second-order valence-corrected chi connectivity index (χ2v) is 5.90. The zero-order chi connectivity index (χ0) is 10.5. The molecular formula is C10H15NOS2. The highest BCUT2D eigenvalue weighted by Gasteiger charge is 2.53. The third-order valence-corrected chi connectivity index (χ3v) is 5.15. The summed E-state index contributed by atoms with van der Waals surface area (Å²) in [6.07, 6.45) is 1.07. The van der Waals surface area contributed by atoms with E-state index in [0.29, 0.717) is 17.2 Å². The third-order valence-electron chi connectivity index (χ3n) is 3.24. The van der Waals surface area contributed by atoms with Gasteiger partial charge < -0.3 is 4.90 Å². The van der Waals surface area contributed by atoms with Crippen LogP contribution in [0, 0.1) is 11.8 Å². The molecule has 0 aliphatic carbocycles. The van der Waals surface area contributed by atoms with Gasteiger partial charge in [-0.15, -0.1) is 12.6 Å². The van der Waals surface area contributed by atoms with Crippen LogP contribution in [0.15, 0.2) is 9.93 Å². The molecule has 0 unspecified atom stereocenters. The Kier molecular flexibility index (Phi) is 2.60. The van der Waals surface area contributed by atoms with E-state index in [4.69, 9.17) is 0 Å². The Hall–Kier alpha value is -0.0900. The van der Waals surface area contributed by atoms with Gasteiger partial charge in [0.1, 0.15) is 0 Å². The van der Waals surface area contributed by atoms with Gasteiger partial charge >= 0.3 is 0 Å². The molecule has 78 valence electrons. The van der Waals surface area contributed by atoms with Crippen LogP contribution in [0.1, 0.15) is 27.2 Å². The van der Waals surface area contributed by atoms with Crippen LogP contribution in [-0.4, -0.2) is 16.2 Å². The lowest BCUT2D eigenvalue weighted by Crippen LogP contribution is -2.58. The number of amides is 1. The van der Waals surface area contributed by atoms with Gasteiger partial charge in [-0.3, -0.25) is 4.79 Å². The average Bonchev–Trinajstić information content (AvgIpc) is 2.39. The van der Waals surface area contributed by atoms with Crippen molar-refractivity contribution < 1.29 is 4.79 Å². The molecule has 0 aromatic heterocycles. The van der Waals surface area contributed by atoms with Gasteiger partial charge in [0.25, 0.3) is 0 Å². The summed E-state index contributed by atoms with van der Waals surface area (Å²) in [6.45, 7) is 6.27. The van der Waals surface area contributed by atoms with Crippen molar-refractivity contribution in [3.63, 3.8) is 0 Å². The lowest BCUT2D eigenvalue weighted by molar-refractivity contribution is -0.149. The number of hydrogen-bond donors (Lipinski definition) is 1. The number of carbonyl (C=O) groups is 1. The van der Waals surface area contributed by atoms with E-state index in [1.807, 2.05) is 11.8 Å². The molecule has 1 amide bonds. The molecular weight excluding hydrogens is 214 g/mol. The molecule has 0 aromatic carbocycles. The summed E-state index contributed by atoms with van der Waals surface area (Å²) in [6, 6.07) is 0. The largest absolute Gasteiger partial charge is 0.301 e. The van der Waals surface area contributed by atoms with Gasteiger partial charge in [-0.2, -0.15) is 0 Å². The monoisotopic (exact) mass is 229 g/mol. The van der Waals surface area contributed by atoms with Crippen molar-refractivity contribution in [1.82, 2.24) is 4.90 Å². The van der Waals surface area contributed by atoms with E-state index >= 15 is 0 Å². The molecule has 4 heteroatoms. The predicted molar refractivity (Wildman–Crippen MR) is 62.9 cm³/mol. The van der Waals surface area contributed by atoms with Crippen LogP contribution in [-0.2, 0) is 4.79 Å². The number of thioether (sulfide) groups is 1. The van der Waals surface area contributed by atoms with E-state index in [1.165, 1.54) is 0 Å². The summed E-state index contributed by atoms with van der Waals surface area (Å²) in [7, 11) is 0. The number of carbonyl (C=O) groups excluding carboxylic acids is 1. The Morgan fingerprint density at radius 1 is 1.64 bits per heavy atom. The first-order valence-corrected chi connectivity index (χ1v) is 6.30. The van der Waals surface area contributed by atoms with Gasteiger partial charge in [0.15, 0.2) is 0 Å². The zero-order valence-electron chi connectivity index (χ0n) is 8.65. The molecule has 1 saturated heterocycles. The summed E-state index contributed by atoms with van der Waals surface area (Å²) < 4.78 is 1.01. The minimum Gasteiger partial charge on any atom is -0.301 e. The minimum atomic E-state index is 0.213. The zero-order valence-corrected chi connectivity index (χ0v) is 10.4. The van der Waals surface area contributed by atoms with Gasteiger partial charge in [-0.05, 0) is 12.8 Å². The molecule has 0 radical (unpaired) electrons. The number of allylic oxidation sites excluding steroid dienone is 1. The second-order valence-electron chi connectivity index (χ2n) is 4.02. The maximum atomic E-state index is 11.8. The fourth-order valence-electron chi connectivity index (χ4n) is 2.05. The first-order chi connectivity index (χ1) is 6.57. The highest BCUT2D eigenvalue weighted by Crippen LogP contribution is 2.52. The third kappa shape index (κ3) is 1.23. The van der Waals surface area contributed by atoms with Crippen LogP contribution < -0.4 is 0 Å². The van der Waals surface area contributed by atoms with E-state index in [1.54, 1.807) is 11.8 Å². The Labute approximate surface area is 94.5 Å².